The second-order valence-electron chi connectivity index (χ2n) is 4.68. The molecule has 0 radical (unpaired) electrons. The van der Waals surface area contributed by atoms with Gasteiger partial charge >= 0.3 is 5.97 Å². The van der Waals surface area contributed by atoms with Crippen LogP contribution in [0.3, 0.4) is 0 Å². The number of aryl methyl sites for hydroxylation is 1. The molecule has 2 aromatic heterocycles. The van der Waals surface area contributed by atoms with Gasteiger partial charge in [-0.15, -0.1) is 0 Å². The highest BCUT2D eigenvalue weighted by molar-refractivity contribution is 6.32. The molecule has 0 amide bonds. The first-order chi connectivity index (χ1) is 10.7. The van der Waals surface area contributed by atoms with Crippen molar-refractivity contribution in [2.24, 2.45) is 0 Å². The number of carbonyl (C=O) groups is 1. The van der Waals surface area contributed by atoms with Crippen molar-refractivity contribution >= 4 is 28.5 Å². The molecule has 0 unspecified atom stereocenters. The highest BCUT2D eigenvalue weighted by atomic mass is 35.5. The average molecular weight is 314 g/mol. The molecule has 0 aliphatic carbocycles. The van der Waals surface area contributed by atoms with Gasteiger partial charge in [-0.1, -0.05) is 29.8 Å². The number of nitrogens with zero attached hydrogens (tertiary/aromatic N) is 3. The number of aromatic nitrogens is 3. The van der Waals surface area contributed by atoms with Gasteiger partial charge in [0.1, 0.15) is 6.61 Å². The highest BCUT2D eigenvalue weighted by Gasteiger charge is 2.14. The van der Waals surface area contributed by atoms with E-state index in [1.807, 2.05) is 31.2 Å². The van der Waals surface area contributed by atoms with E-state index in [9.17, 15) is 4.79 Å². The number of hydrogen-bond acceptors (Lipinski definition) is 5. The zero-order valence-electron chi connectivity index (χ0n) is 11.8. The Bertz CT molecular complexity index is 837. The molecule has 0 saturated heterocycles. The molecule has 110 valence electrons. The van der Waals surface area contributed by atoms with Crippen molar-refractivity contribution in [3.05, 3.63) is 64.8 Å². The molecule has 2 heterocycles. The van der Waals surface area contributed by atoms with Gasteiger partial charge in [0, 0.05) is 17.8 Å². The van der Waals surface area contributed by atoms with E-state index >= 15 is 0 Å². The highest BCUT2D eigenvalue weighted by Crippen LogP contribution is 2.27. The largest absolute Gasteiger partial charge is 0.454 e. The Morgan fingerprint density at radius 3 is 2.86 bits per heavy atom. The average Bonchev–Trinajstić information content (AvgIpc) is 2.57. The first-order valence-electron chi connectivity index (χ1n) is 6.63. The summed E-state index contributed by atoms with van der Waals surface area (Å²) in [7, 11) is 0. The number of carbonyl (C=O) groups excluding carboxylic acids is 1. The van der Waals surface area contributed by atoms with Crippen LogP contribution in [0.1, 0.15) is 21.7 Å². The number of pyridine rings is 1. The number of benzene rings is 1. The van der Waals surface area contributed by atoms with Gasteiger partial charge in [-0.3, -0.25) is 4.98 Å². The Hall–Kier alpha value is -2.53. The normalized spacial score (nSPS) is 10.6. The Morgan fingerprint density at radius 1 is 1.27 bits per heavy atom. The van der Waals surface area contributed by atoms with Crippen LogP contribution < -0.4 is 0 Å². The summed E-state index contributed by atoms with van der Waals surface area (Å²) in [5, 5.41) is 1.49. The number of hydrogen-bond donors (Lipinski definition) is 0. The van der Waals surface area contributed by atoms with Crippen molar-refractivity contribution in [2.45, 2.75) is 13.5 Å². The molecule has 3 rings (SSSR count). The van der Waals surface area contributed by atoms with E-state index in [-0.39, 0.29) is 12.3 Å². The smallest absolute Gasteiger partial charge is 0.358 e. The third kappa shape index (κ3) is 2.76. The van der Waals surface area contributed by atoms with Crippen LogP contribution in [0.2, 0.25) is 5.02 Å². The molecule has 0 spiro atoms. The number of rotatable bonds is 3. The molecule has 5 nitrogen and oxygen atoms in total. The fourth-order valence-corrected chi connectivity index (χ4v) is 2.32. The van der Waals surface area contributed by atoms with E-state index in [4.69, 9.17) is 16.3 Å². The second-order valence-corrected chi connectivity index (χ2v) is 5.06. The van der Waals surface area contributed by atoms with Crippen LogP contribution in [0.25, 0.3) is 10.9 Å². The number of esters is 1. The third-order valence-corrected chi connectivity index (χ3v) is 3.76. The number of halogens is 1. The summed E-state index contributed by atoms with van der Waals surface area (Å²) in [5.74, 6) is -0.559. The Morgan fingerprint density at radius 2 is 2.09 bits per heavy atom. The van der Waals surface area contributed by atoms with E-state index in [1.54, 1.807) is 0 Å². The van der Waals surface area contributed by atoms with Crippen LogP contribution in [0.15, 0.2) is 42.9 Å². The van der Waals surface area contributed by atoms with Crippen molar-refractivity contribution < 1.29 is 9.53 Å². The maximum atomic E-state index is 11.9. The second kappa shape index (κ2) is 6.07. The van der Waals surface area contributed by atoms with Crippen LogP contribution in [-0.2, 0) is 11.3 Å². The molecule has 0 saturated carbocycles. The molecule has 1 aromatic carbocycles. The summed E-state index contributed by atoms with van der Waals surface area (Å²) in [6, 6.07) is 7.69. The summed E-state index contributed by atoms with van der Waals surface area (Å²) in [6.07, 6.45) is 4.27. The van der Waals surface area contributed by atoms with Crippen LogP contribution in [0.4, 0.5) is 0 Å². The lowest BCUT2D eigenvalue weighted by Gasteiger charge is -2.10. The van der Waals surface area contributed by atoms with Crippen molar-refractivity contribution in [1.29, 1.82) is 0 Å². The molecular formula is C16H12ClN3O2. The Balaban J connectivity index is 1.85. The van der Waals surface area contributed by atoms with Gasteiger partial charge in [-0.25, -0.2) is 14.8 Å². The van der Waals surface area contributed by atoms with Crippen molar-refractivity contribution in [3.8, 4) is 0 Å². The van der Waals surface area contributed by atoms with Gasteiger partial charge in [0.2, 0.25) is 0 Å². The van der Waals surface area contributed by atoms with E-state index in [2.05, 4.69) is 15.0 Å². The molecule has 3 aromatic rings. The minimum Gasteiger partial charge on any atom is -0.454 e. The number of ether oxygens (including phenoxy) is 1. The molecule has 22 heavy (non-hydrogen) atoms. The Kier molecular flexibility index (Phi) is 3.98. The molecule has 6 heteroatoms. The lowest BCUT2D eigenvalue weighted by molar-refractivity contribution is 0.0460. The van der Waals surface area contributed by atoms with Crippen molar-refractivity contribution in [3.63, 3.8) is 0 Å². The van der Waals surface area contributed by atoms with Crippen LogP contribution in [0, 0.1) is 6.92 Å². The van der Waals surface area contributed by atoms with Gasteiger partial charge in [0.05, 0.1) is 22.4 Å². The molecular weight excluding hydrogens is 302 g/mol. The molecule has 0 aliphatic heterocycles. The molecule has 0 N–H and O–H groups in total. The Labute approximate surface area is 132 Å². The maximum Gasteiger partial charge on any atom is 0.358 e. The van der Waals surface area contributed by atoms with Crippen LogP contribution in [0.5, 0.6) is 0 Å². The first kappa shape index (κ1) is 14.4. The summed E-state index contributed by atoms with van der Waals surface area (Å²) in [4.78, 5) is 24.1. The van der Waals surface area contributed by atoms with E-state index in [1.165, 1.54) is 18.6 Å². The SMILES string of the molecule is Cc1c(Cl)c(COC(=O)c2cnccn2)nc2ccccc12. The topological polar surface area (TPSA) is 65.0 Å². The standard InChI is InChI=1S/C16H12ClN3O2/c1-10-11-4-2-3-5-12(11)20-14(15(10)17)9-22-16(21)13-8-18-6-7-19-13/h2-8H,9H2,1H3. The van der Waals surface area contributed by atoms with E-state index in [0.29, 0.717) is 10.7 Å². The van der Waals surface area contributed by atoms with E-state index in [0.717, 1.165) is 16.5 Å². The monoisotopic (exact) mass is 313 g/mol. The lowest BCUT2D eigenvalue weighted by atomic mass is 10.1. The summed E-state index contributed by atoms with van der Waals surface area (Å²) >= 11 is 6.32. The van der Waals surface area contributed by atoms with Gasteiger partial charge in [0.15, 0.2) is 5.69 Å². The van der Waals surface area contributed by atoms with Crippen LogP contribution >= 0.6 is 11.6 Å². The van der Waals surface area contributed by atoms with Crippen molar-refractivity contribution in [1.82, 2.24) is 15.0 Å². The predicted octanol–water partition coefficient (Wildman–Crippen LogP) is 3.34. The molecule has 0 atom stereocenters. The fraction of sp³-hybridized carbons (Fsp3) is 0.125. The van der Waals surface area contributed by atoms with Gasteiger partial charge < -0.3 is 4.74 Å². The predicted molar refractivity (Wildman–Crippen MR) is 82.6 cm³/mol. The molecule has 0 aliphatic rings. The van der Waals surface area contributed by atoms with Gasteiger partial charge in [-0.05, 0) is 18.6 Å². The summed E-state index contributed by atoms with van der Waals surface area (Å²) in [6.45, 7) is 1.90. The first-order valence-corrected chi connectivity index (χ1v) is 7.01. The van der Waals surface area contributed by atoms with Gasteiger partial charge in [-0.2, -0.15) is 0 Å². The number of fused-ring (bicyclic) bond motifs is 1. The summed E-state index contributed by atoms with van der Waals surface area (Å²) in [5.41, 5.74) is 2.40. The lowest BCUT2D eigenvalue weighted by Crippen LogP contribution is -2.09. The molecule has 0 fully saturated rings. The minimum absolute atomic E-state index is 0.0140. The maximum absolute atomic E-state index is 11.9. The summed E-state index contributed by atoms with van der Waals surface area (Å²) < 4.78 is 5.21. The van der Waals surface area contributed by atoms with E-state index < -0.39 is 5.97 Å². The number of para-hydroxylation sites is 1. The zero-order valence-corrected chi connectivity index (χ0v) is 12.5. The quantitative estimate of drug-likeness (QED) is 0.694. The molecule has 0 bridgehead atoms. The zero-order chi connectivity index (χ0) is 15.5. The minimum atomic E-state index is -0.559. The third-order valence-electron chi connectivity index (χ3n) is 3.26. The fourth-order valence-electron chi connectivity index (χ4n) is 2.13. The van der Waals surface area contributed by atoms with Crippen LogP contribution in [-0.4, -0.2) is 20.9 Å². The van der Waals surface area contributed by atoms with Crippen molar-refractivity contribution in [2.75, 3.05) is 0 Å². The van der Waals surface area contributed by atoms with Gasteiger partial charge in [0.25, 0.3) is 0 Å².